The van der Waals surface area contributed by atoms with E-state index in [9.17, 15) is 30.0 Å². The molecule has 0 saturated carbocycles. The number of aromatic hydroxyl groups is 1. The van der Waals surface area contributed by atoms with Gasteiger partial charge >= 0.3 is 0 Å². The normalized spacial score (nSPS) is 29.3. The highest BCUT2D eigenvalue weighted by Crippen LogP contribution is 2.46. The van der Waals surface area contributed by atoms with Crippen molar-refractivity contribution in [2.24, 2.45) is 16.5 Å². The summed E-state index contributed by atoms with van der Waals surface area (Å²) >= 11 is 0. The van der Waals surface area contributed by atoms with Crippen LogP contribution in [0.25, 0.3) is 0 Å². The second-order valence-electron chi connectivity index (χ2n) is 10.7. The summed E-state index contributed by atoms with van der Waals surface area (Å²) in [5, 5.41) is 43.4. The van der Waals surface area contributed by atoms with Crippen molar-refractivity contribution in [3.05, 3.63) is 58.1 Å². The number of phenols is 1. The molecule has 12 nitrogen and oxygen atoms in total. The Kier molecular flexibility index (Phi) is 8.30. The maximum atomic E-state index is 13.6. The average Bonchev–Trinajstić information content (AvgIpc) is 2.97. The molecule has 1 fully saturated rings. The van der Waals surface area contributed by atoms with E-state index in [1.165, 1.54) is 18.2 Å². The molecule has 2 aromatic carbocycles. The van der Waals surface area contributed by atoms with Crippen LogP contribution in [0.3, 0.4) is 0 Å². The molecular weight excluding hydrogens is 534 g/mol. The van der Waals surface area contributed by atoms with Crippen molar-refractivity contribution in [2.75, 3.05) is 6.61 Å². The molecule has 7 atom stereocenters. The molecule has 0 aromatic heterocycles. The van der Waals surface area contributed by atoms with E-state index in [1.54, 1.807) is 12.1 Å². The fraction of sp³-hybridized carbons (Fsp3) is 0.483. The van der Waals surface area contributed by atoms with Crippen molar-refractivity contribution in [3.8, 4) is 11.5 Å². The van der Waals surface area contributed by atoms with Gasteiger partial charge in [-0.2, -0.15) is 0 Å². The van der Waals surface area contributed by atoms with Crippen molar-refractivity contribution in [1.29, 1.82) is 0 Å². The topological polar surface area (TPSA) is 207 Å². The van der Waals surface area contributed by atoms with Crippen LogP contribution in [0.15, 0.2) is 35.3 Å². The summed E-state index contributed by atoms with van der Waals surface area (Å²) in [5.41, 5.74) is 11.7. The molecule has 0 spiro atoms. The van der Waals surface area contributed by atoms with E-state index in [4.69, 9.17) is 25.7 Å². The monoisotopic (exact) mass is 569 g/mol. The molecule has 2 aliphatic heterocycles. The number of benzene rings is 2. The number of nitrogens with two attached hydrogens (primary N) is 2. The van der Waals surface area contributed by atoms with Gasteiger partial charge in [0.15, 0.2) is 29.0 Å². The molecule has 1 saturated heterocycles. The van der Waals surface area contributed by atoms with Gasteiger partial charge in [-0.05, 0) is 12.5 Å². The quantitative estimate of drug-likeness (QED) is 0.145. The van der Waals surface area contributed by atoms with E-state index in [2.05, 4.69) is 11.9 Å². The van der Waals surface area contributed by atoms with E-state index in [1.807, 2.05) is 0 Å². The van der Waals surface area contributed by atoms with E-state index in [0.717, 1.165) is 19.3 Å². The number of hydrogen-bond donors (Lipinski definition) is 6. The number of unbranched alkanes of at least 4 members (excludes halogenated alkanes) is 2. The number of hydrogen-bond acceptors (Lipinski definition) is 10. The smallest absolute Gasteiger partial charge is 0.229 e. The molecule has 2 heterocycles. The maximum absolute atomic E-state index is 13.6. The second-order valence-corrected chi connectivity index (χ2v) is 10.7. The zero-order valence-corrected chi connectivity index (χ0v) is 22.6. The second kappa shape index (κ2) is 11.7. The fourth-order valence-electron chi connectivity index (χ4n) is 5.68. The molecule has 3 aliphatic rings. The van der Waals surface area contributed by atoms with Gasteiger partial charge in [-0.3, -0.25) is 9.59 Å². The Hall–Kier alpha value is -3.55. The lowest BCUT2D eigenvalue weighted by Crippen LogP contribution is -2.60. The Morgan fingerprint density at radius 3 is 2.39 bits per heavy atom. The van der Waals surface area contributed by atoms with Gasteiger partial charge in [0.05, 0.1) is 24.3 Å². The zero-order chi connectivity index (χ0) is 29.4. The van der Waals surface area contributed by atoms with Crippen LogP contribution in [0.2, 0.25) is 0 Å². The van der Waals surface area contributed by atoms with Gasteiger partial charge in [0.2, 0.25) is 6.29 Å². The first kappa shape index (κ1) is 29.0. The number of aliphatic imine (C=N–C) groups is 1. The lowest BCUT2D eigenvalue weighted by atomic mass is 9.81. The molecule has 2 bridgehead atoms. The van der Waals surface area contributed by atoms with Crippen LogP contribution in [0, 0.1) is 0 Å². The molecule has 12 heteroatoms. The number of ether oxygens (including phenoxy) is 3. The third kappa shape index (κ3) is 5.41. The fourth-order valence-corrected chi connectivity index (χ4v) is 5.68. The SMILES string of the molecule is CCCCCC1CC(N=C(N)N)c2cc3c(c(O)c2OC2OC(CO1)C(O)C(O)C2O)C(=O)c1ccccc1C3=O. The summed E-state index contributed by atoms with van der Waals surface area (Å²) in [6.07, 6.45) is -4.49. The Bertz CT molecular complexity index is 1360. The van der Waals surface area contributed by atoms with E-state index in [-0.39, 0.29) is 52.6 Å². The highest BCUT2D eigenvalue weighted by Gasteiger charge is 2.47. The Morgan fingerprint density at radius 1 is 1.00 bits per heavy atom. The lowest BCUT2D eigenvalue weighted by Gasteiger charge is -2.40. The van der Waals surface area contributed by atoms with Crippen LogP contribution in [0.1, 0.15) is 82.5 Å². The maximum Gasteiger partial charge on any atom is 0.229 e. The number of ketones is 2. The van der Waals surface area contributed by atoms with Crippen molar-refractivity contribution in [3.63, 3.8) is 0 Å². The number of carbonyl (C=O) groups is 2. The van der Waals surface area contributed by atoms with Gasteiger partial charge in [-0.15, -0.1) is 0 Å². The number of aliphatic hydroxyl groups excluding tert-OH is 3. The van der Waals surface area contributed by atoms with Crippen LogP contribution in [0.4, 0.5) is 0 Å². The third-order valence-electron chi connectivity index (χ3n) is 7.85. The molecule has 220 valence electrons. The first-order chi connectivity index (χ1) is 19.6. The largest absolute Gasteiger partial charge is 0.504 e. The molecule has 41 heavy (non-hydrogen) atoms. The van der Waals surface area contributed by atoms with Gasteiger partial charge < -0.3 is 46.1 Å². The number of fused-ring (bicyclic) bond motifs is 5. The van der Waals surface area contributed by atoms with Crippen molar-refractivity contribution >= 4 is 17.5 Å². The van der Waals surface area contributed by atoms with Crippen LogP contribution < -0.4 is 16.2 Å². The number of nitrogens with zero attached hydrogens (tertiary/aromatic N) is 1. The summed E-state index contributed by atoms with van der Waals surface area (Å²) in [6, 6.07) is 6.79. The van der Waals surface area contributed by atoms with E-state index in [0.29, 0.717) is 6.42 Å². The summed E-state index contributed by atoms with van der Waals surface area (Å²) < 4.78 is 17.9. The predicted octanol–water partition coefficient (Wildman–Crippen LogP) is 1.04. The van der Waals surface area contributed by atoms with Crippen molar-refractivity contribution in [1.82, 2.24) is 0 Å². The Labute approximate surface area is 236 Å². The highest BCUT2D eigenvalue weighted by molar-refractivity contribution is 6.29. The molecule has 8 N–H and O–H groups in total. The highest BCUT2D eigenvalue weighted by atomic mass is 16.7. The third-order valence-corrected chi connectivity index (χ3v) is 7.85. The molecule has 2 aromatic rings. The van der Waals surface area contributed by atoms with Gasteiger partial charge in [0, 0.05) is 28.7 Å². The molecular formula is C29H35N3O9. The Balaban J connectivity index is 1.70. The molecule has 5 rings (SSSR count). The zero-order valence-electron chi connectivity index (χ0n) is 22.6. The molecule has 0 amide bonds. The van der Waals surface area contributed by atoms with Gasteiger partial charge in [-0.25, -0.2) is 4.99 Å². The minimum Gasteiger partial charge on any atom is -0.504 e. The standard InChI is InChI=1S/C29H35N3O9/c1-2-3-4-7-13-10-18(32-29(30)31)16-11-17-20(22(34)15-9-6-5-8-14(15)21(17)33)24(36)27(16)41-28-26(38)25(37)23(35)19(40-28)12-39-13/h5-6,8-9,11,13,18-19,23,25-26,28,35-38H,2-4,7,10,12H2,1H3,(H4,30,31,32). The van der Waals surface area contributed by atoms with Crippen LogP contribution >= 0.6 is 0 Å². The molecule has 1 aliphatic carbocycles. The van der Waals surface area contributed by atoms with Crippen LogP contribution in [-0.2, 0) is 9.47 Å². The minimum atomic E-state index is -1.73. The summed E-state index contributed by atoms with van der Waals surface area (Å²) in [6.45, 7) is 1.93. The number of aliphatic hydroxyl groups is 3. The van der Waals surface area contributed by atoms with Gasteiger partial charge in [-0.1, -0.05) is 50.5 Å². The van der Waals surface area contributed by atoms with Crippen LogP contribution in [0.5, 0.6) is 11.5 Å². The lowest BCUT2D eigenvalue weighted by molar-refractivity contribution is -0.281. The molecule has 7 unspecified atom stereocenters. The van der Waals surface area contributed by atoms with Crippen molar-refractivity contribution < 1.29 is 44.2 Å². The Morgan fingerprint density at radius 2 is 1.71 bits per heavy atom. The summed E-state index contributed by atoms with van der Waals surface area (Å²) in [4.78, 5) is 31.4. The number of phenolic OH excluding ortho intramolecular Hbond substituents is 1. The first-order valence-corrected chi connectivity index (χ1v) is 13.8. The number of rotatable bonds is 5. The van der Waals surface area contributed by atoms with E-state index < -0.39 is 60.2 Å². The average molecular weight is 570 g/mol. The summed E-state index contributed by atoms with van der Waals surface area (Å²) in [7, 11) is 0. The number of guanidine groups is 1. The first-order valence-electron chi connectivity index (χ1n) is 13.8. The summed E-state index contributed by atoms with van der Waals surface area (Å²) in [5.74, 6) is -2.29. The van der Waals surface area contributed by atoms with Crippen LogP contribution in [-0.4, -0.2) is 81.4 Å². The minimum absolute atomic E-state index is 0.0545. The van der Waals surface area contributed by atoms with Gasteiger partial charge in [0.25, 0.3) is 0 Å². The molecule has 0 radical (unpaired) electrons. The van der Waals surface area contributed by atoms with E-state index >= 15 is 0 Å². The van der Waals surface area contributed by atoms with Crippen molar-refractivity contribution in [2.45, 2.75) is 81.9 Å². The van der Waals surface area contributed by atoms with Gasteiger partial charge in [0.1, 0.15) is 24.4 Å². The number of carbonyl (C=O) groups excluding carboxylic acids is 2. The predicted molar refractivity (Wildman–Crippen MR) is 146 cm³/mol.